The molecule has 2 heterocycles. The molecule has 2 aliphatic heterocycles. The Bertz CT molecular complexity index is 786. The second kappa shape index (κ2) is 5.82. The molecule has 3 nitrogen and oxygen atoms in total. The molecule has 24 heavy (non-hydrogen) atoms. The Balaban J connectivity index is 1.76. The average Bonchev–Trinajstić information content (AvgIpc) is 3.02. The van der Waals surface area contributed by atoms with E-state index in [-0.39, 0.29) is 6.04 Å². The minimum atomic E-state index is -0.401. The molecule has 2 aromatic rings. The van der Waals surface area contributed by atoms with Crippen molar-refractivity contribution in [1.29, 1.82) is 0 Å². The molecular formula is C20H21ClN2O. The fourth-order valence-electron chi connectivity index (χ4n) is 3.77. The molecule has 4 heteroatoms. The maximum atomic E-state index is 6.37. The zero-order chi connectivity index (χ0) is 16.7. The van der Waals surface area contributed by atoms with Crippen molar-refractivity contribution < 1.29 is 4.74 Å². The van der Waals surface area contributed by atoms with Gasteiger partial charge >= 0.3 is 0 Å². The highest BCUT2D eigenvalue weighted by molar-refractivity contribution is 6.30. The number of hydrogen-bond acceptors (Lipinski definition) is 3. The molecule has 0 saturated heterocycles. The topological polar surface area (TPSA) is 24.8 Å². The highest BCUT2D eigenvalue weighted by Gasteiger charge is 2.46. The molecule has 124 valence electrons. The molecule has 0 aromatic heterocycles. The fourth-order valence-corrected chi connectivity index (χ4v) is 3.89. The van der Waals surface area contributed by atoms with E-state index >= 15 is 0 Å². The van der Waals surface area contributed by atoms with Gasteiger partial charge in [0.1, 0.15) is 5.75 Å². The van der Waals surface area contributed by atoms with Gasteiger partial charge in [-0.2, -0.15) is 5.10 Å². The van der Waals surface area contributed by atoms with Crippen LogP contribution in [0.5, 0.6) is 5.75 Å². The van der Waals surface area contributed by atoms with Crippen LogP contribution in [0.15, 0.2) is 53.6 Å². The summed E-state index contributed by atoms with van der Waals surface area (Å²) in [5.74, 6) is 0.988. The molecule has 2 atom stereocenters. The normalized spacial score (nSPS) is 24.9. The predicted molar refractivity (Wildman–Crippen MR) is 97.6 cm³/mol. The third-order valence-electron chi connectivity index (χ3n) is 4.89. The first kappa shape index (κ1) is 15.5. The summed E-state index contributed by atoms with van der Waals surface area (Å²) < 4.78 is 6.37. The number of para-hydroxylation sites is 1. The summed E-state index contributed by atoms with van der Waals surface area (Å²) in [6.45, 7) is 4.33. The van der Waals surface area contributed by atoms with Crippen LogP contribution in [-0.4, -0.2) is 16.4 Å². The first-order chi connectivity index (χ1) is 11.6. The van der Waals surface area contributed by atoms with Crippen LogP contribution in [0.2, 0.25) is 5.02 Å². The van der Waals surface area contributed by atoms with Crippen LogP contribution >= 0.6 is 11.6 Å². The number of benzene rings is 2. The number of halogens is 1. The molecule has 0 bridgehead atoms. The minimum absolute atomic E-state index is 0.233. The molecule has 0 amide bonds. The molecular weight excluding hydrogens is 320 g/mol. The summed E-state index contributed by atoms with van der Waals surface area (Å²) in [5, 5.41) is 7.88. The Morgan fingerprint density at radius 1 is 1.21 bits per heavy atom. The van der Waals surface area contributed by atoms with Crippen molar-refractivity contribution in [3.05, 3.63) is 64.7 Å². The fraction of sp³-hybridized carbons (Fsp3) is 0.350. The van der Waals surface area contributed by atoms with Gasteiger partial charge in [0.05, 0.1) is 11.8 Å². The maximum Gasteiger partial charge on any atom is 0.195 e. The summed E-state index contributed by atoms with van der Waals surface area (Å²) in [7, 11) is 0. The van der Waals surface area contributed by atoms with Crippen molar-refractivity contribution in [1.82, 2.24) is 5.01 Å². The van der Waals surface area contributed by atoms with Gasteiger partial charge in [0.2, 0.25) is 0 Å². The number of fused-ring (bicyclic) bond motifs is 3. The molecule has 4 rings (SSSR count). The molecule has 0 aliphatic carbocycles. The molecule has 0 N–H and O–H groups in total. The van der Waals surface area contributed by atoms with Crippen LogP contribution in [0.1, 0.15) is 50.3 Å². The van der Waals surface area contributed by atoms with Gasteiger partial charge in [-0.15, -0.1) is 0 Å². The maximum absolute atomic E-state index is 6.37. The SMILES string of the molecule is CCC[C@]1(C)Oc2ccccc2[C@@H]2CC(c3ccc(Cl)cc3)=NN21. The van der Waals surface area contributed by atoms with E-state index in [2.05, 4.69) is 37.1 Å². The first-order valence-corrected chi connectivity index (χ1v) is 8.89. The van der Waals surface area contributed by atoms with Crippen molar-refractivity contribution in [3.8, 4) is 5.75 Å². The molecule has 0 spiro atoms. The number of nitrogens with zero attached hydrogens (tertiary/aromatic N) is 2. The molecule has 0 unspecified atom stereocenters. The van der Waals surface area contributed by atoms with Gasteiger partial charge in [-0.3, -0.25) is 0 Å². The van der Waals surface area contributed by atoms with Crippen molar-refractivity contribution in [2.45, 2.75) is 44.9 Å². The smallest absolute Gasteiger partial charge is 0.195 e. The quantitative estimate of drug-likeness (QED) is 0.747. The van der Waals surface area contributed by atoms with Gasteiger partial charge in [0.15, 0.2) is 5.72 Å². The molecule has 0 radical (unpaired) electrons. The van der Waals surface area contributed by atoms with Crippen LogP contribution in [0.4, 0.5) is 0 Å². The Labute approximate surface area is 147 Å². The Morgan fingerprint density at radius 2 is 1.96 bits per heavy atom. The highest BCUT2D eigenvalue weighted by atomic mass is 35.5. The molecule has 0 fully saturated rings. The second-order valence-corrected chi connectivity index (χ2v) is 7.12. The van der Waals surface area contributed by atoms with Gasteiger partial charge in [-0.05, 0) is 30.7 Å². The predicted octanol–water partition coefficient (Wildman–Crippen LogP) is 5.40. The zero-order valence-electron chi connectivity index (χ0n) is 14.0. The number of hydrogen-bond donors (Lipinski definition) is 0. The van der Waals surface area contributed by atoms with Crippen LogP contribution in [0, 0.1) is 0 Å². The highest BCUT2D eigenvalue weighted by Crippen LogP contribution is 2.47. The van der Waals surface area contributed by atoms with Crippen molar-refractivity contribution in [2.75, 3.05) is 0 Å². The van der Waals surface area contributed by atoms with Crippen molar-refractivity contribution in [2.24, 2.45) is 5.10 Å². The van der Waals surface area contributed by atoms with E-state index in [1.807, 2.05) is 30.3 Å². The zero-order valence-corrected chi connectivity index (χ0v) is 14.8. The lowest BCUT2D eigenvalue weighted by atomic mass is 9.94. The summed E-state index contributed by atoms with van der Waals surface area (Å²) in [6.07, 6.45) is 2.88. The molecule has 2 aromatic carbocycles. The van der Waals surface area contributed by atoms with E-state index in [1.165, 1.54) is 5.56 Å². The Kier molecular flexibility index (Phi) is 3.76. The molecule has 2 aliphatic rings. The summed E-state index contributed by atoms with van der Waals surface area (Å²) >= 11 is 6.02. The van der Waals surface area contributed by atoms with Crippen LogP contribution in [0.3, 0.4) is 0 Å². The molecule has 0 saturated carbocycles. The van der Waals surface area contributed by atoms with Gasteiger partial charge in [-0.25, -0.2) is 5.01 Å². The van der Waals surface area contributed by atoms with Gasteiger partial charge in [-0.1, -0.05) is 55.3 Å². The summed E-state index contributed by atoms with van der Waals surface area (Å²) in [5.41, 5.74) is 3.05. The number of ether oxygens (including phenoxy) is 1. The second-order valence-electron chi connectivity index (χ2n) is 6.68. The van der Waals surface area contributed by atoms with E-state index in [0.717, 1.165) is 41.3 Å². The lowest BCUT2D eigenvalue weighted by molar-refractivity contribution is -0.111. The standard InChI is InChI=1S/C20H21ClN2O/c1-3-12-20(2)23-18(16-6-4-5-7-19(16)24-20)13-17(22-23)14-8-10-15(21)11-9-14/h4-11,18H,3,12-13H2,1-2H3/t18-,20-/m0/s1. The van der Waals surface area contributed by atoms with E-state index in [0.29, 0.717) is 0 Å². The van der Waals surface area contributed by atoms with E-state index in [1.54, 1.807) is 0 Å². The summed E-state index contributed by atoms with van der Waals surface area (Å²) in [4.78, 5) is 0. The van der Waals surface area contributed by atoms with E-state index in [9.17, 15) is 0 Å². The lowest BCUT2D eigenvalue weighted by Gasteiger charge is -2.45. The van der Waals surface area contributed by atoms with Crippen molar-refractivity contribution in [3.63, 3.8) is 0 Å². The number of hydrazone groups is 1. The first-order valence-electron chi connectivity index (χ1n) is 8.51. The largest absolute Gasteiger partial charge is 0.466 e. The van der Waals surface area contributed by atoms with Gasteiger partial charge in [0.25, 0.3) is 0 Å². The van der Waals surface area contributed by atoms with E-state index in [4.69, 9.17) is 21.4 Å². The number of rotatable bonds is 3. The monoisotopic (exact) mass is 340 g/mol. The third kappa shape index (κ3) is 2.48. The third-order valence-corrected chi connectivity index (χ3v) is 5.15. The Hall–Kier alpha value is -2.00. The van der Waals surface area contributed by atoms with Crippen LogP contribution < -0.4 is 4.74 Å². The van der Waals surface area contributed by atoms with E-state index < -0.39 is 5.72 Å². The van der Waals surface area contributed by atoms with Gasteiger partial charge < -0.3 is 4.74 Å². The van der Waals surface area contributed by atoms with Crippen LogP contribution in [-0.2, 0) is 0 Å². The van der Waals surface area contributed by atoms with Crippen LogP contribution in [0.25, 0.3) is 0 Å². The van der Waals surface area contributed by atoms with Crippen molar-refractivity contribution >= 4 is 17.3 Å². The minimum Gasteiger partial charge on any atom is -0.466 e. The average molecular weight is 341 g/mol. The van der Waals surface area contributed by atoms with Gasteiger partial charge in [0, 0.05) is 23.4 Å². The summed E-state index contributed by atoms with van der Waals surface area (Å²) in [6, 6.07) is 16.5. The lowest BCUT2D eigenvalue weighted by Crippen LogP contribution is -2.51. The Morgan fingerprint density at radius 3 is 2.71 bits per heavy atom.